The maximum absolute atomic E-state index is 11.8. The maximum atomic E-state index is 11.8. The quantitative estimate of drug-likeness (QED) is 0.616. The van der Waals surface area contributed by atoms with Crippen LogP contribution in [0.5, 0.6) is 0 Å². The van der Waals surface area contributed by atoms with Crippen molar-refractivity contribution in [3.63, 3.8) is 0 Å². The van der Waals surface area contributed by atoms with E-state index in [1.807, 2.05) is 4.90 Å². The highest BCUT2D eigenvalue weighted by atomic mass is 16.2. The van der Waals surface area contributed by atoms with Crippen molar-refractivity contribution < 1.29 is 4.79 Å². The summed E-state index contributed by atoms with van der Waals surface area (Å²) in [7, 11) is 0. The first-order valence-electron chi connectivity index (χ1n) is 6.67. The van der Waals surface area contributed by atoms with E-state index in [1.165, 1.54) is 25.7 Å². The molecule has 3 nitrogen and oxygen atoms in total. The third kappa shape index (κ3) is 6.83. The second-order valence-electron chi connectivity index (χ2n) is 4.53. The number of nitrogens with two attached hydrogens (primary N) is 1. The summed E-state index contributed by atoms with van der Waals surface area (Å²) in [5.41, 5.74) is 5.65. The van der Waals surface area contributed by atoms with Crippen molar-refractivity contribution in [3.8, 4) is 0 Å². The van der Waals surface area contributed by atoms with Crippen molar-refractivity contribution in [3.05, 3.63) is 0 Å². The van der Waals surface area contributed by atoms with Crippen LogP contribution in [0.25, 0.3) is 0 Å². The van der Waals surface area contributed by atoms with Crippen LogP contribution in [0.15, 0.2) is 0 Å². The summed E-state index contributed by atoms with van der Waals surface area (Å²) in [5.74, 6) is 0.104. The second-order valence-corrected chi connectivity index (χ2v) is 4.53. The average molecular weight is 228 g/mol. The fourth-order valence-corrected chi connectivity index (χ4v) is 1.73. The number of carbonyl (C=O) groups is 1. The molecule has 0 saturated heterocycles. The van der Waals surface area contributed by atoms with E-state index in [0.717, 1.165) is 25.9 Å². The van der Waals surface area contributed by atoms with Gasteiger partial charge < -0.3 is 10.6 Å². The largest absolute Gasteiger partial charge is 0.341 e. The van der Waals surface area contributed by atoms with Gasteiger partial charge in [-0.15, -0.1) is 0 Å². The van der Waals surface area contributed by atoms with Crippen LogP contribution in [0.2, 0.25) is 0 Å². The van der Waals surface area contributed by atoms with Crippen molar-refractivity contribution in [1.82, 2.24) is 4.90 Å². The highest BCUT2D eigenvalue weighted by Crippen LogP contribution is 2.04. The molecule has 0 aromatic rings. The van der Waals surface area contributed by atoms with Gasteiger partial charge in [-0.25, -0.2) is 0 Å². The molecule has 0 aliphatic rings. The van der Waals surface area contributed by atoms with E-state index in [0.29, 0.717) is 0 Å². The van der Waals surface area contributed by atoms with Gasteiger partial charge in [0, 0.05) is 13.1 Å². The van der Waals surface area contributed by atoms with Crippen molar-refractivity contribution in [2.24, 2.45) is 5.73 Å². The molecule has 0 aliphatic heterocycles. The zero-order valence-corrected chi connectivity index (χ0v) is 11.2. The minimum absolute atomic E-state index is 0.104. The van der Waals surface area contributed by atoms with Crippen molar-refractivity contribution in [2.45, 2.75) is 65.3 Å². The summed E-state index contributed by atoms with van der Waals surface area (Å²) >= 11 is 0. The van der Waals surface area contributed by atoms with Gasteiger partial charge in [0.1, 0.15) is 0 Å². The van der Waals surface area contributed by atoms with Crippen LogP contribution in [0.3, 0.4) is 0 Å². The first-order chi connectivity index (χ1) is 7.63. The molecule has 0 aromatic heterocycles. The zero-order valence-electron chi connectivity index (χ0n) is 11.2. The van der Waals surface area contributed by atoms with Crippen LogP contribution in [-0.2, 0) is 4.79 Å². The Balaban J connectivity index is 4.00. The summed E-state index contributed by atoms with van der Waals surface area (Å²) in [6.07, 6.45) is 6.96. The number of amides is 1. The van der Waals surface area contributed by atoms with Gasteiger partial charge in [0.2, 0.25) is 5.91 Å². The molecule has 1 amide bonds. The second kappa shape index (κ2) is 9.64. The van der Waals surface area contributed by atoms with E-state index >= 15 is 0 Å². The third-order valence-electron chi connectivity index (χ3n) is 2.76. The summed E-state index contributed by atoms with van der Waals surface area (Å²) in [4.78, 5) is 13.8. The predicted octanol–water partition coefficient (Wildman–Crippen LogP) is 2.54. The Morgan fingerprint density at radius 3 is 1.81 bits per heavy atom. The molecule has 0 rings (SSSR count). The highest BCUT2D eigenvalue weighted by Gasteiger charge is 2.16. The van der Waals surface area contributed by atoms with Gasteiger partial charge in [-0.2, -0.15) is 0 Å². The van der Waals surface area contributed by atoms with Crippen LogP contribution >= 0.6 is 0 Å². The normalized spacial score (nSPS) is 12.5. The lowest BCUT2D eigenvalue weighted by Gasteiger charge is -2.24. The van der Waals surface area contributed by atoms with Crippen molar-refractivity contribution in [1.29, 1.82) is 0 Å². The molecule has 1 atom stereocenters. The number of hydrogen-bond acceptors (Lipinski definition) is 2. The lowest BCUT2D eigenvalue weighted by Crippen LogP contribution is -2.43. The summed E-state index contributed by atoms with van der Waals surface area (Å²) in [5, 5.41) is 0. The number of carbonyl (C=O) groups excluding carboxylic acids is 1. The molecule has 96 valence electrons. The van der Waals surface area contributed by atoms with Crippen molar-refractivity contribution >= 4 is 5.91 Å². The van der Waals surface area contributed by atoms with E-state index in [2.05, 4.69) is 13.8 Å². The molecule has 1 unspecified atom stereocenters. The molecule has 0 heterocycles. The van der Waals surface area contributed by atoms with Crippen LogP contribution in [0, 0.1) is 0 Å². The number of rotatable bonds is 9. The Hall–Kier alpha value is -0.570. The smallest absolute Gasteiger partial charge is 0.239 e. The van der Waals surface area contributed by atoms with Gasteiger partial charge in [-0.1, -0.05) is 39.5 Å². The maximum Gasteiger partial charge on any atom is 0.239 e. The van der Waals surface area contributed by atoms with Crippen LogP contribution in [-0.4, -0.2) is 29.9 Å². The molecule has 0 spiro atoms. The fraction of sp³-hybridized carbons (Fsp3) is 0.923. The predicted molar refractivity (Wildman–Crippen MR) is 69.3 cm³/mol. The monoisotopic (exact) mass is 228 g/mol. The fourth-order valence-electron chi connectivity index (χ4n) is 1.73. The van der Waals surface area contributed by atoms with Gasteiger partial charge in [0.25, 0.3) is 0 Å². The Morgan fingerprint density at radius 2 is 1.50 bits per heavy atom. The van der Waals surface area contributed by atoms with Gasteiger partial charge >= 0.3 is 0 Å². The molecule has 0 bridgehead atoms. The molecule has 2 N–H and O–H groups in total. The zero-order chi connectivity index (χ0) is 12.4. The summed E-state index contributed by atoms with van der Waals surface area (Å²) in [6, 6.07) is -0.358. The van der Waals surface area contributed by atoms with Gasteiger partial charge in [0.15, 0.2) is 0 Å². The topological polar surface area (TPSA) is 46.3 Å². The first kappa shape index (κ1) is 15.4. The standard InChI is InChI=1S/C13H28N2O/c1-4-6-8-10-15(11-9-7-5-2)13(16)12(3)14/h12H,4-11,14H2,1-3H3. The van der Waals surface area contributed by atoms with Crippen LogP contribution < -0.4 is 5.73 Å². The number of unbranched alkanes of at least 4 members (excludes halogenated alkanes) is 4. The van der Waals surface area contributed by atoms with E-state index in [4.69, 9.17) is 5.73 Å². The minimum Gasteiger partial charge on any atom is -0.341 e. The van der Waals surface area contributed by atoms with E-state index < -0.39 is 0 Å². The molecule has 16 heavy (non-hydrogen) atoms. The SMILES string of the molecule is CCCCCN(CCCCC)C(=O)C(C)N. The highest BCUT2D eigenvalue weighted by molar-refractivity contribution is 5.81. The average Bonchev–Trinajstić information content (AvgIpc) is 2.26. The van der Waals surface area contributed by atoms with Crippen LogP contribution in [0.4, 0.5) is 0 Å². The summed E-state index contributed by atoms with van der Waals surface area (Å²) < 4.78 is 0. The third-order valence-corrected chi connectivity index (χ3v) is 2.76. The number of hydrogen-bond donors (Lipinski definition) is 1. The Labute approximate surface area is 100 Å². The van der Waals surface area contributed by atoms with Gasteiger partial charge in [0.05, 0.1) is 6.04 Å². The lowest BCUT2D eigenvalue weighted by molar-refractivity contribution is -0.132. The van der Waals surface area contributed by atoms with E-state index in [-0.39, 0.29) is 11.9 Å². The Kier molecular flexibility index (Phi) is 9.30. The lowest BCUT2D eigenvalue weighted by atomic mass is 10.2. The Bertz CT molecular complexity index is 171. The molecule has 0 aromatic carbocycles. The van der Waals surface area contributed by atoms with E-state index in [1.54, 1.807) is 6.92 Å². The Morgan fingerprint density at radius 1 is 1.06 bits per heavy atom. The molecule has 0 saturated carbocycles. The van der Waals surface area contributed by atoms with Crippen LogP contribution in [0.1, 0.15) is 59.3 Å². The molecular formula is C13H28N2O. The van der Waals surface area contributed by atoms with Gasteiger partial charge in [-0.3, -0.25) is 4.79 Å². The minimum atomic E-state index is -0.358. The first-order valence-corrected chi connectivity index (χ1v) is 6.67. The molecule has 0 aliphatic carbocycles. The van der Waals surface area contributed by atoms with Crippen molar-refractivity contribution in [2.75, 3.05) is 13.1 Å². The van der Waals surface area contributed by atoms with Gasteiger partial charge in [-0.05, 0) is 19.8 Å². The molecular weight excluding hydrogens is 200 g/mol. The van der Waals surface area contributed by atoms with E-state index in [9.17, 15) is 4.79 Å². The molecule has 0 fully saturated rings. The number of nitrogens with zero attached hydrogens (tertiary/aromatic N) is 1. The molecule has 0 radical (unpaired) electrons. The molecule has 3 heteroatoms. The summed E-state index contributed by atoms with van der Waals surface area (Å²) in [6.45, 7) is 7.87.